The number of pyridine rings is 1. The van der Waals surface area contributed by atoms with Crippen molar-refractivity contribution in [1.82, 2.24) is 4.98 Å². The molecule has 0 aliphatic rings. The van der Waals surface area contributed by atoms with Crippen LogP contribution in [0, 0.1) is 5.41 Å². The van der Waals surface area contributed by atoms with Crippen LogP contribution in [0.2, 0.25) is 0 Å². The van der Waals surface area contributed by atoms with Crippen molar-refractivity contribution in [2.24, 2.45) is 5.41 Å². The van der Waals surface area contributed by atoms with Gasteiger partial charge in [0.2, 0.25) is 0 Å². The molecule has 0 aromatic carbocycles. The minimum absolute atomic E-state index is 0.122. The first-order chi connectivity index (χ1) is 7.00. The molecular weight excluding hydrogens is 190 g/mol. The van der Waals surface area contributed by atoms with E-state index in [1.165, 1.54) is 0 Å². The Morgan fingerprint density at radius 1 is 1.33 bits per heavy atom. The van der Waals surface area contributed by atoms with Crippen LogP contribution in [0.1, 0.15) is 26.3 Å². The van der Waals surface area contributed by atoms with E-state index in [1.807, 2.05) is 32.9 Å². The van der Waals surface area contributed by atoms with Crippen LogP contribution in [0.3, 0.4) is 0 Å². The van der Waals surface area contributed by atoms with Crippen molar-refractivity contribution < 1.29 is 9.53 Å². The van der Waals surface area contributed by atoms with Gasteiger partial charge in [-0.1, -0.05) is 20.8 Å². The van der Waals surface area contributed by atoms with Crippen molar-refractivity contribution in [3.8, 4) is 0 Å². The second kappa shape index (κ2) is 5.03. The highest BCUT2D eigenvalue weighted by atomic mass is 16.5. The molecule has 0 saturated heterocycles. The highest BCUT2D eigenvalue weighted by molar-refractivity contribution is 5.84. The highest BCUT2D eigenvalue weighted by Crippen LogP contribution is 2.14. The molecule has 1 aromatic heterocycles. The molecule has 3 heteroatoms. The van der Waals surface area contributed by atoms with E-state index in [4.69, 9.17) is 4.74 Å². The molecule has 0 aliphatic carbocycles. The Kier molecular flexibility index (Phi) is 3.97. The summed E-state index contributed by atoms with van der Waals surface area (Å²) in [4.78, 5) is 15.4. The zero-order valence-corrected chi connectivity index (χ0v) is 9.49. The number of hydrogen-bond acceptors (Lipinski definition) is 3. The van der Waals surface area contributed by atoms with Crippen molar-refractivity contribution in [3.63, 3.8) is 0 Å². The van der Waals surface area contributed by atoms with Crippen LogP contribution in [0.15, 0.2) is 24.5 Å². The van der Waals surface area contributed by atoms with Crippen LogP contribution >= 0.6 is 0 Å². The Balaban J connectivity index is 2.32. The van der Waals surface area contributed by atoms with Crippen LogP contribution in [0.5, 0.6) is 0 Å². The Bertz CT molecular complexity index is 314. The Labute approximate surface area is 90.5 Å². The highest BCUT2D eigenvalue weighted by Gasteiger charge is 2.20. The van der Waals surface area contributed by atoms with Crippen LogP contribution < -0.4 is 0 Å². The minimum atomic E-state index is -0.321. The molecule has 0 aliphatic heterocycles. The molecule has 15 heavy (non-hydrogen) atoms. The van der Waals surface area contributed by atoms with Crippen LogP contribution in [0.25, 0.3) is 0 Å². The number of nitrogens with zero attached hydrogens (tertiary/aromatic N) is 1. The maximum atomic E-state index is 11.5. The number of Topliss-reactive ketones (excluding diaryl/α,β-unsaturated/α-hetero) is 1. The van der Waals surface area contributed by atoms with Crippen molar-refractivity contribution >= 4 is 5.78 Å². The summed E-state index contributed by atoms with van der Waals surface area (Å²) < 4.78 is 5.33. The van der Waals surface area contributed by atoms with E-state index in [0.717, 1.165) is 5.56 Å². The first-order valence-corrected chi connectivity index (χ1v) is 5.00. The maximum Gasteiger partial charge on any atom is 0.163 e. The lowest BCUT2D eigenvalue weighted by Gasteiger charge is -2.16. The van der Waals surface area contributed by atoms with Gasteiger partial charge in [-0.2, -0.15) is 0 Å². The lowest BCUT2D eigenvalue weighted by molar-refractivity contribution is -0.131. The third-order valence-electron chi connectivity index (χ3n) is 2.09. The van der Waals surface area contributed by atoms with Gasteiger partial charge in [-0.05, 0) is 17.7 Å². The molecule has 82 valence electrons. The van der Waals surface area contributed by atoms with Crippen LogP contribution in [-0.2, 0) is 16.1 Å². The molecule has 0 atom stereocenters. The van der Waals surface area contributed by atoms with Crippen molar-refractivity contribution in [3.05, 3.63) is 30.1 Å². The van der Waals surface area contributed by atoms with E-state index in [1.54, 1.807) is 12.4 Å². The monoisotopic (exact) mass is 207 g/mol. The molecule has 0 N–H and O–H groups in total. The number of carbonyl (C=O) groups excluding carboxylic acids is 1. The van der Waals surface area contributed by atoms with Crippen LogP contribution in [-0.4, -0.2) is 17.4 Å². The molecule has 0 amide bonds. The SMILES string of the molecule is CC(C)(C)C(=O)COCc1ccncc1. The molecule has 0 bridgehead atoms. The lowest BCUT2D eigenvalue weighted by Crippen LogP contribution is -2.24. The summed E-state index contributed by atoms with van der Waals surface area (Å²) >= 11 is 0. The average Bonchev–Trinajstić information content (AvgIpc) is 2.18. The van der Waals surface area contributed by atoms with Gasteiger partial charge in [0.25, 0.3) is 0 Å². The van der Waals surface area contributed by atoms with E-state index in [0.29, 0.717) is 6.61 Å². The molecule has 0 unspecified atom stereocenters. The summed E-state index contributed by atoms with van der Waals surface area (Å²) in [7, 11) is 0. The second-order valence-electron chi connectivity index (χ2n) is 4.52. The smallest absolute Gasteiger partial charge is 0.163 e. The van der Waals surface area contributed by atoms with Crippen molar-refractivity contribution in [2.75, 3.05) is 6.61 Å². The van der Waals surface area contributed by atoms with Gasteiger partial charge >= 0.3 is 0 Å². The molecule has 0 saturated carbocycles. The Morgan fingerprint density at radius 3 is 2.47 bits per heavy atom. The number of ether oxygens (including phenoxy) is 1. The van der Waals surface area contributed by atoms with Gasteiger partial charge in [-0.15, -0.1) is 0 Å². The fourth-order valence-electron chi connectivity index (χ4n) is 0.957. The quantitative estimate of drug-likeness (QED) is 0.760. The summed E-state index contributed by atoms with van der Waals surface area (Å²) in [5.41, 5.74) is 0.713. The van der Waals surface area contributed by atoms with Gasteiger partial charge in [0.1, 0.15) is 6.61 Å². The topological polar surface area (TPSA) is 39.2 Å². The molecule has 0 radical (unpaired) electrons. The van der Waals surface area contributed by atoms with Gasteiger partial charge in [0.05, 0.1) is 6.61 Å². The number of ketones is 1. The van der Waals surface area contributed by atoms with E-state index in [2.05, 4.69) is 4.98 Å². The van der Waals surface area contributed by atoms with Gasteiger partial charge in [-0.3, -0.25) is 9.78 Å². The summed E-state index contributed by atoms with van der Waals surface area (Å²) in [5, 5.41) is 0. The van der Waals surface area contributed by atoms with Gasteiger partial charge in [0, 0.05) is 17.8 Å². The fourth-order valence-corrected chi connectivity index (χ4v) is 0.957. The Hall–Kier alpha value is -1.22. The number of rotatable bonds is 4. The van der Waals surface area contributed by atoms with E-state index < -0.39 is 0 Å². The van der Waals surface area contributed by atoms with Gasteiger partial charge in [-0.25, -0.2) is 0 Å². The average molecular weight is 207 g/mol. The predicted molar refractivity (Wildman–Crippen MR) is 58.4 cm³/mol. The van der Waals surface area contributed by atoms with E-state index in [-0.39, 0.29) is 17.8 Å². The number of carbonyl (C=O) groups is 1. The van der Waals surface area contributed by atoms with Crippen molar-refractivity contribution in [2.45, 2.75) is 27.4 Å². The number of aromatic nitrogens is 1. The molecule has 0 spiro atoms. The fraction of sp³-hybridized carbons (Fsp3) is 0.500. The van der Waals surface area contributed by atoms with E-state index >= 15 is 0 Å². The number of hydrogen-bond donors (Lipinski definition) is 0. The normalized spacial score (nSPS) is 11.4. The molecule has 1 rings (SSSR count). The molecule has 0 fully saturated rings. The third kappa shape index (κ3) is 4.21. The van der Waals surface area contributed by atoms with Gasteiger partial charge < -0.3 is 4.74 Å². The summed E-state index contributed by atoms with van der Waals surface area (Å²) in [5.74, 6) is 0.122. The third-order valence-corrected chi connectivity index (χ3v) is 2.09. The summed E-state index contributed by atoms with van der Waals surface area (Å²) in [6.07, 6.45) is 3.43. The zero-order valence-electron chi connectivity index (χ0n) is 9.49. The molecule has 1 heterocycles. The summed E-state index contributed by atoms with van der Waals surface area (Å²) in [6.45, 7) is 6.32. The second-order valence-corrected chi connectivity index (χ2v) is 4.52. The predicted octanol–water partition coefficient (Wildman–Crippen LogP) is 2.21. The molecule has 1 aromatic rings. The standard InChI is InChI=1S/C12H17NO2/c1-12(2,3)11(14)9-15-8-10-4-6-13-7-5-10/h4-7H,8-9H2,1-3H3. The first kappa shape index (κ1) is 11.9. The lowest BCUT2D eigenvalue weighted by atomic mass is 9.91. The largest absolute Gasteiger partial charge is 0.369 e. The minimum Gasteiger partial charge on any atom is -0.369 e. The summed E-state index contributed by atoms with van der Waals surface area (Å²) in [6, 6.07) is 3.75. The van der Waals surface area contributed by atoms with Crippen molar-refractivity contribution in [1.29, 1.82) is 0 Å². The van der Waals surface area contributed by atoms with Crippen LogP contribution in [0.4, 0.5) is 0 Å². The van der Waals surface area contributed by atoms with E-state index in [9.17, 15) is 4.79 Å². The molecular formula is C12H17NO2. The van der Waals surface area contributed by atoms with Gasteiger partial charge in [0.15, 0.2) is 5.78 Å². The molecule has 3 nitrogen and oxygen atoms in total. The Morgan fingerprint density at radius 2 is 1.93 bits per heavy atom. The zero-order chi connectivity index (χ0) is 11.3. The maximum absolute atomic E-state index is 11.5. The first-order valence-electron chi connectivity index (χ1n) is 5.00.